The highest BCUT2D eigenvalue weighted by atomic mass is 35.5. The number of rotatable bonds is 3. The highest BCUT2D eigenvalue weighted by molar-refractivity contribution is 5.85. The van der Waals surface area contributed by atoms with Crippen molar-refractivity contribution in [2.24, 2.45) is 14.1 Å². The van der Waals surface area contributed by atoms with Gasteiger partial charge in [0.25, 0.3) is 5.56 Å². The normalized spacial score (nSPS) is 19.1. The first-order chi connectivity index (χ1) is 9.50. The molecule has 0 aliphatic carbocycles. The Balaban J connectivity index is 0.00000220. The Hall–Kier alpha value is -1.11. The van der Waals surface area contributed by atoms with Crippen molar-refractivity contribution in [3.63, 3.8) is 0 Å². The number of nitrogens with one attached hydrogen (secondary N) is 1. The van der Waals surface area contributed by atoms with Gasteiger partial charge in [-0.2, -0.15) is 0 Å². The van der Waals surface area contributed by atoms with Crippen molar-refractivity contribution < 1.29 is 0 Å². The van der Waals surface area contributed by atoms with Crippen LogP contribution >= 0.6 is 12.4 Å². The van der Waals surface area contributed by atoms with Crippen LogP contribution < -0.4 is 16.6 Å². The summed E-state index contributed by atoms with van der Waals surface area (Å²) in [6, 6.07) is 2.07. The number of halogens is 1. The lowest BCUT2D eigenvalue weighted by Gasteiger charge is -2.27. The Morgan fingerprint density at radius 2 is 1.95 bits per heavy atom. The number of nitrogens with zero attached hydrogens (tertiary/aromatic N) is 3. The molecule has 0 radical (unpaired) electrons. The summed E-state index contributed by atoms with van der Waals surface area (Å²) in [7, 11) is 5.30. The van der Waals surface area contributed by atoms with E-state index in [0.29, 0.717) is 12.6 Å². The molecule has 0 saturated carbocycles. The predicted molar refractivity (Wildman–Crippen MR) is 86.1 cm³/mol. The van der Waals surface area contributed by atoms with E-state index in [-0.39, 0.29) is 23.7 Å². The lowest BCUT2D eigenvalue weighted by atomic mass is 10.1. The second kappa shape index (κ2) is 7.77. The highest BCUT2D eigenvalue weighted by Crippen LogP contribution is 2.13. The van der Waals surface area contributed by atoms with Crippen molar-refractivity contribution in [3.05, 3.63) is 32.6 Å². The van der Waals surface area contributed by atoms with Crippen molar-refractivity contribution in [2.75, 3.05) is 20.1 Å². The summed E-state index contributed by atoms with van der Waals surface area (Å²) in [4.78, 5) is 25.9. The molecule has 1 atom stereocenters. The van der Waals surface area contributed by atoms with Gasteiger partial charge in [0.1, 0.15) is 0 Å². The average molecular weight is 317 g/mol. The molecular formula is C14H25ClN4O2. The largest absolute Gasteiger partial charge is 0.330 e. The van der Waals surface area contributed by atoms with E-state index in [1.807, 2.05) is 0 Å². The van der Waals surface area contributed by atoms with Gasteiger partial charge in [0, 0.05) is 38.4 Å². The Bertz CT molecular complexity index is 573. The van der Waals surface area contributed by atoms with Crippen molar-refractivity contribution in [1.82, 2.24) is 19.4 Å². The van der Waals surface area contributed by atoms with Crippen molar-refractivity contribution in [3.8, 4) is 0 Å². The molecule has 1 aromatic heterocycles. The van der Waals surface area contributed by atoms with Crippen LogP contribution in [0.1, 0.15) is 25.0 Å². The molecule has 1 aromatic rings. The smallest absolute Gasteiger partial charge is 0.317 e. The molecule has 0 aromatic carbocycles. The number of hydrogen-bond acceptors (Lipinski definition) is 4. The van der Waals surface area contributed by atoms with Gasteiger partial charge in [0.2, 0.25) is 0 Å². The van der Waals surface area contributed by atoms with Crippen LogP contribution in [0.4, 0.5) is 0 Å². The Morgan fingerprint density at radius 3 is 2.67 bits per heavy atom. The zero-order valence-electron chi connectivity index (χ0n) is 13.0. The molecule has 21 heavy (non-hydrogen) atoms. The van der Waals surface area contributed by atoms with E-state index in [4.69, 9.17) is 0 Å². The average Bonchev–Trinajstić information content (AvgIpc) is 2.71. The molecule has 6 nitrogen and oxygen atoms in total. The van der Waals surface area contributed by atoms with Gasteiger partial charge in [-0.15, -0.1) is 12.4 Å². The summed E-state index contributed by atoms with van der Waals surface area (Å²) in [5.74, 6) is 0. The molecule has 1 aliphatic rings. The van der Waals surface area contributed by atoms with Gasteiger partial charge in [0.05, 0.1) is 0 Å². The molecule has 1 N–H and O–H groups in total. The maximum absolute atomic E-state index is 11.9. The molecule has 0 spiro atoms. The quantitative estimate of drug-likeness (QED) is 0.858. The molecule has 120 valence electrons. The first kappa shape index (κ1) is 17.9. The maximum Gasteiger partial charge on any atom is 0.330 e. The molecule has 2 rings (SSSR count). The second-order valence-electron chi connectivity index (χ2n) is 5.62. The summed E-state index contributed by atoms with van der Waals surface area (Å²) in [6.45, 7) is 2.74. The Kier molecular flexibility index (Phi) is 6.64. The fourth-order valence-corrected chi connectivity index (χ4v) is 2.76. The summed E-state index contributed by atoms with van der Waals surface area (Å²) < 4.78 is 2.70. The van der Waals surface area contributed by atoms with E-state index in [9.17, 15) is 9.59 Å². The third-order valence-corrected chi connectivity index (χ3v) is 4.21. The van der Waals surface area contributed by atoms with Crippen LogP contribution in [0.25, 0.3) is 0 Å². The van der Waals surface area contributed by atoms with Crippen LogP contribution in [-0.4, -0.2) is 40.2 Å². The predicted octanol–water partition coefficient (Wildman–Crippen LogP) is 0.0797. The van der Waals surface area contributed by atoms with Crippen molar-refractivity contribution in [1.29, 1.82) is 0 Å². The van der Waals surface area contributed by atoms with Crippen LogP contribution in [0.2, 0.25) is 0 Å². The van der Waals surface area contributed by atoms with E-state index in [1.165, 1.54) is 13.5 Å². The van der Waals surface area contributed by atoms with Gasteiger partial charge < -0.3 is 5.32 Å². The molecule has 2 heterocycles. The minimum absolute atomic E-state index is 0. The van der Waals surface area contributed by atoms with Crippen LogP contribution in [0.3, 0.4) is 0 Å². The minimum Gasteiger partial charge on any atom is -0.317 e. The van der Waals surface area contributed by atoms with E-state index in [1.54, 1.807) is 17.7 Å². The fourth-order valence-electron chi connectivity index (χ4n) is 2.76. The van der Waals surface area contributed by atoms with E-state index >= 15 is 0 Å². The summed E-state index contributed by atoms with van der Waals surface area (Å²) in [5.41, 5.74) is 0.278. The van der Waals surface area contributed by atoms with E-state index < -0.39 is 0 Å². The number of hydrogen-bond donors (Lipinski definition) is 1. The second-order valence-corrected chi connectivity index (χ2v) is 5.62. The van der Waals surface area contributed by atoms with Gasteiger partial charge in [-0.05, 0) is 39.4 Å². The molecule has 0 bridgehead atoms. The lowest BCUT2D eigenvalue weighted by Crippen LogP contribution is -2.40. The summed E-state index contributed by atoms with van der Waals surface area (Å²) >= 11 is 0. The van der Waals surface area contributed by atoms with Gasteiger partial charge in [-0.1, -0.05) is 0 Å². The molecule has 1 saturated heterocycles. The van der Waals surface area contributed by atoms with Gasteiger partial charge in [0.15, 0.2) is 0 Å². The standard InChI is InChI=1S/C14H24N4O2.ClH/c1-16(11-5-4-7-15-8-6-11)10-12-9-13(19)18(3)14(20)17(12)2;/h9,11,15H,4-8,10H2,1-3H3;1H. The first-order valence-electron chi connectivity index (χ1n) is 7.17. The lowest BCUT2D eigenvalue weighted by molar-refractivity contribution is 0.211. The highest BCUT2D eigenvalue weighted by Gasteiger charge is 2.18. The van der Waals surface area contributed by atoms with E-state index in [0.717, 1.165) is 36.2 Å². The van der Waals surface area contributed by atoms with Crippen LogP contribution in [-0.2, 0) is 20.6 Å². The summed E-state index contributed by atoms with van der Waals surface area (Å²) in [6.07, 6.45) is 3.43. The zero-order valence-corrected chi connectivity index (χ0v) is 13.8. The first-order valence-corrected chi connectivity index (χ1v) is 7.17. The third kappa shape index (κ3) is 4.18. The van der Waals surface area contributed by atoms with Crippen molar-refractivity contribution in [2.45, 2.75) is 31.8 Å². The van der Waals surface area contributed by atoms with Crippen molar-refractivity contribution >= 4 is 12.4 Å². The molecule has 1 aliphatic heterocycles. The molecule has 1 fully saturated rings. The fraction of sp³-hybridized carbons (Fsp3) is 0.714. The monoisotopic (exact) mass is 316 g/mol. The third-order valence-electron chi connectivity index (χ3n) is 4.21. The Labute approximate surface area is 131 Å². The zero-order chi connectivity index (χ0) is 14.7. The molecular weight excluding hydrogens is 292 g/mol. The Morgan fingerprint density at radius 1 is 1.24 bits per heavy atom. The SMILES string of the molecule is CN(Cc1cc(=O)n(C)c(=O)n1C)C1CCCNCC1.Cl. The van der Waals surface area contributed by atoms with Crippen LogP contribution in [0, 0.1) is 0 Å². The van der Waals surface area contributed by atoms with Crippen LogP contribution in [0.5, 0.6) is 0 Å². The minimum atomic E-state index is -0.261. The molecule has 7 heteroatoms. The van der Waals surface area contributed by atoms with E-state index in [2.05, 4.69) is 17.3 Å². The topological polar surface area (TPSA) is 59.3 Å². The van der Waals surface area contributed by atoms with Gasteiger partial charge in [-0.25, -0.2) is 4.79 Å². The van der Waals surface area contributed by atoms with Crippen LogP contribution in [0.15, 0.2) is 15.7 Å². The molecule has 1 unspecified atom stereocenters. The summed E-state index contributed by atoms with van der Waals surface area (Å²) in [5, 5.41) is 3.40. The van der Waals surface area contributed by atoms with Gasteiger partial charge in [-0.3, -0.25) is 18.8 Å². The molecule has 0 amide bonds. The number of aromatic nitrogens is 2. The van der Waals surface area contributed by atoms with Gasteiger partial charge >= 0.3 is 5.69 Å². The maximum atomic E-state index is 11.9.